The highest BCUT2D eigenvalue weighted by Gasteiger charge is 1.93. The Morgan fingerprint density at radius 1 is 1.46 bits per heavy atom. The van der Waals surface area contributed by atoms with Crippen molar-refractivity contribution in [3.8, 4) is 0 Å². The van der Waals surface area contributed by atoms with Crippen LogP contribution in [0.25, 0.3) is 0 Å². The molecule has 0 spiro atoms. The van der Waals surface area contributed by atoms with Crippen molar-refractivity contribution >= 4 is 23.1 Å². The average molecular weight is 215 g/mol. The fraction of sp³-hybridized carbons (Fsp3) is 0.600. The van der Waals surface area contributed by atoms with E-state index in [1.807, 2.05) is 23.1 Å². The Kier molecular flexibility index (Phi) is 6.33. The van der Waals surface area contributed by atoms with E-state index in [9.17, 15) is 0 Å². The summed E-state index contributed by atoms with van der Waals surface area (Å²) in [4.78, 5) is 0. The molecule has 0 aliphatic heterocycles. The van der Waals surface area contributed by atoms with Gasteiger partial charge in [0, 0.05) is 0 Å². The van der Waals surface area contributed by atoms with E-state index in [1.165, 1.54) is 22.8 Å². The first kappa shape index (κ1) is 11.1. The molecule has 0 aliphatic carbocycles. The summed E-state index contributed by atoms with van der Waals surface area (Å²) in [7, 11) is 0. The smallest absolute Gasteiger partial charge is 0.0598 e. The molecule has 0 aliphatic rings. The van der Waals surface area contributed by atoms with Crippen LogP contribution in [0.4, 0.5) is 0 Å². The van der Waals surface area contributed by atoms with Gasteiger partial charge in [-0.15, -0.1) is 23.1 Å². The van der Waals surface area contributed by atoms with Crippen LogP contribution in [-0.4, -0.2) is 18.8 Å². The summed E-state index contributed by atoms with van der Waals surface area (Å²) in [6.07, 6.45) is 2.50. The minimum absolute atomic E-state index is 1.16. The van der Waals surface area contributed by atoms with Crippen LogP contribution < -0.4 is 5.32 Å². The number of rotatable bonds is 7. The van der Waals surface area contributed by atoms with E-state index in [1.54, 1.807) is 0 Å². The maximum absolute atomic E-state index is 3.41. The second-order valence-electron chi connectivity index (χ2n) is 2.88. The van der Waals surface area contributed by atoms with Gasteiger partial charge in [0.1, 0.15) is 0 Å². The zero-order valence-electron chi connectivity index (χ0n) is 8.08. The molecule has 1 nitrogen and oxygen atoms in total. The third-order valence-electron chi connectivity index (χ3n) is 1.66. The summed E-state index contributed by atoms with van der Waals surface area (Å²) >= 11 is 3.80. The number of hydrogen-bond donors (Lipinski definition) is 1. The van der Waals surface area contributed by atoms with Crippen LogP contribution in [0.2, 0.25) is 0 Å². The van der Waals surface area contributed by atoms with Crippen LogP contribution >= 0.6 is 23.1 Å². The largest absolute Gasteiger partial charge is 0.317 e. The highest BCUT2D eigenvalue weighted by molar-refractivity contribution is 8.01. The molecule has 0 unspecified atom stereocenters. The van der Waals surface area contributed by atoms with Gasteiger partial charge in [0.15, 0.2) is 0 Å². The van der Waals surface area contributed by atoms with Crippen molar-refractivity contribution in [1.82, 2.24) is 5.32 Å². The second-order valence-corrected chi connectivity index (χ2v) is 5.23. The van der Waals surface area contributed by atoms with Crippen molar-refractivity contribution in [2.24, 2.45) is 0 Å². The summed E-state index contributed by atoms with van der Waals surface area (Å²) in [5, 5.41) is 5.54. The molecule has 0 aromatic carbocycles. The van der Waals surface area contributed by atoms with E-state index < -0.39 is 0 Å². The molecular formula is C10H17NS2. The van der Waals surface area contributed by atoms with Crippen LogP contribution in [0.3, 0.4) is 0 Å². The third-order valence-corrected chi connectivity index (χ3v) is 3.88. The van der Waals surface area contributed by atoms with Crippen molar-refractivity contribution in [2.75, 3.05) is 18.8 Å². The first-order valence-electron chi connectivity index (χ1n) is 4.80. The lowest BCUT2D eigenvalue weighted by Crippen LogP contribution is -2.16. The molecule has 1 heterocycles. The van der Waals surface area contributed by atoms with Gasteiger partial charge >= 0.3 is 0 Å². The molecule has 0 saturated heterocycles. The van der Waals surface area contributed by atoms with Gasteiger partial charge in [0.05, 0.1) is 4.21 Å². The van der Waals surface area contributed by atoms with Gasteiger partial charge in [-0.25, -0.2) is 0 Å². The first-order valence-corrected chi connectivity index (χ1v) is 6.67. The van der Waals surface area contributed by atoms with E-state index in [0.717, 1.165) is 13.1 Å². The SMILES string of the molecule is CCCNCCCSc1cccs1. The molecular weight excluding hydrogens is 198 g/mol. The molecule has 0 radical (unpaired) electrons. The van der Waals surface area contributed by atoms with Crippen LogP contribution in [-0.2, 0) is 0 Å². The first-order chi connectivity index (χ1) is 6.43. The predicted molar refractivity (Wildman–Crippen MR) is 62.8 cm³/mol. The number of nitrogens with one attached hydrogen (secondary N) is 1. The maximum Gasteiger partial charge on any atom is 0.0598 e. The molecule has 0 fully saturated rings. The summed E-state index contributed by atoms with van der Waals surface area (Å²) < 4.78 is 1.44. The molecule has 0 bridgehead atoms. The second kappa shape index (κ2) is 7.42. The minimum atomic E-state index is 1.16. The monoisotopic (exact) mass is 215 g/mol. The number of thiophene rings is 1. The van der Waals surface area contributed by atoms with E-state index in [0.29, 0.717) is 0 Å². The molecule has 0 saturated carbocycles. The molecule has 1 aromatic rings. The summed E-state index contributed by atoms with van der Waals surface area (Å²) in [5.74, 6) is 1.23. The molecule has 13 heavy (non-hydrogen) atoms. The summed E-state index contributed by atoms with van der Waals surface area (Å²) in [5.41, 5.74) is 0. The number of hydrogen-bond acceptors (Lipinski definition) is 3. The van der Waals surface area contributed by atoms with E-state index in [-0.39, 0.29) is 0 Å². The quantitative estimate of drug-likeness (QED) is 0.553. The Morgan fingerprint density at radius 2 is 2.38 bits per heavy atom. The Hall–Kier alpha value is 0.01000. The van der Waals surface area contributed by atoms with Crippen molar-refractivity contribution in [1.29, 1.82) is 0 Å². The average Bonchev–Trinajstić information content (AvgIpc) is 2.63. The lowest BCUT2D eigenvalue weighted by Gasteiger charge is -2.01. The highest BCUT2D eigenvalue weighted by atomic mass is 32.2. The van der Waals surface area contributed by atoms with Gasteiger partial charge in [-0.05, 0) is 43.1 Å². The molecule has 0 atom stereocenters. The lowest BCUT2D eigenvalue weighted by molar-refractivity contribution is 0.664. The van der Waals surface area contributed by atoms with Gasteiger partial charge < -0.3 is 5.32 Å². The summed E-state index contributed by atoms with van der Waals surface area (Å²) in [6, 6.07) is 4.30. The Balaban J connectivity index is 1.90. The van der Waals surface area contributed by atoms with Crippen LogP contribution in [0.5, 0.6) is 0 Å². The highest BCUT2D eigenvalue weighted by Crippen LogP contribution is 2.23. The van der Waals surface area contributed by atoms with Gasteiger partial charge in [0.2, 0.25) is 0 Å². The fourth-order valence-corrected chi connectivity index (χ4v) is 2.82. The minimum Gasteiger partial charge on any atom is -0.317 e. The Labute approximate surface area is 88.9 Å². The molecule has 1 N–H and O–H groups in total. The zero-order valence-corrected chi connectivity index (χ0v) is 9.72. The predicted octanol–water partition coefficient (Wildman–Crippen LogP) is 3.23. The molecule has 1 aromatic heterocycles. The van der Waals surface area contributed by atoms with Gasteiger partial charge in [-0.2, -0.15) is 0 Å². The fourth-order valence-electron chi connectivity index (χ4n) is 1.02. The molecule has 0 amide bonds. The summed E-state index contributed by atoms with van der Waals surface area (Å²) in [6.45, 7) is 4.52. The van der Waals surface area contributed by atoms with Gasteiger partial charge in [-0.1, -0.05) is 13.0 Å². The maximum atomic E-state index is 3.41. The van der Waals surface area contributed by atoms with Gasteiger partial charge in [0.25, 0.3) is 0 Å². The van der Waals surface area contributed by atoms with Crippen molar-refractivity contribution < 1.29 is 0 Å². The van der Waals surface area contributed by atoms with E-state index >= 15 is 0 Å². The molecule has 3 heteroatoms. The van der Waals surface area contributed by atoms with Crippen LogP contribution in [0.1, 0.15) is 19.8 Å². The van der Waals surface area contributed by atoms with E-state index in [2.05, 4.69) is 29.8 Å². The Morgan fingerprint density at radius 3 is 3.08 bits per heavy atom. The zero-order chi connectivity index (χ0) is 9.36. The normalized spacial score (nSPS) is 10.5. The molecule has 1 rings (SSSR count). The topological polar surface area (TPSA) is 12.0 Å². The van der Waals surface area contributed by atoms with Gasteiger partial charge in [-0.3, -0.25) is 0 Å². The van der Waals surface area contributed by atoms with E-state index in [4.69, 9.17) is 0 Å². The lowest BCUT2D eigenvalue weighted by atomic mass is 10.4. The standard InChI is InChI=1S/C10H17NS2/c1-2-6-11-7-4-9-13-10-5-3-8-12-10/h3,5,8,11H,2,4,6-7,9H2,1H3. The van der Waals surface area contributed by atoms with Crippen LogP contribution in [0, 0.1) is 0 Å². The van der Waals surface area contributed by atoms with Crippen molar-refractivity contribution in [2.45, 2.75) is 24.0 Å². The third kappa shape index (κ3) is 5.34. The Bertz CT molecular complexity index is 197. The van der Waals surface area contributed by atoms with Crippen LogP contribution in [0.15, 0.2) is 21.7 Å². The van der Waals surface area contributed by atoms with Crippen molar-refractivity contribution in [3.05, 3.63) is 17.5 Å². The van der Waals surface area contributed by atoms with Crippen molar-refractivity contribution in [3.63, 3.8) is 0 Å². The number of thioether (sulfide) groups is 1. The molecule has 74 valence electrons.